The smallest absolute Gasteiger partial charge is 0.181 e. The summed E-state index contributed by atoms with van der Waals surface area (Å²) in [6.45, 7) is 3.58. The number of methoxy groups -OCH3 is 1. The van der Waals surface area contributed by atoms with Gasteiger partial charge in [0, 0.05) is 6.04 Å². The first-order valence-corrected chi connectivity index (χ1v) is 5.08. The largest absolute Gasteiger partial charge is 0.493 e. The number of nitriles is 1. The zero-order chi connectivity index (χ0) is 12.1. The Morgan fingerprint density at radius 1 is 1.31 bits per heavy atom. The third kappa shape index (κ3) is 2.88. The highest BCUT2D eigenvalue weighted by Crippen LogP contribution is 2.30. The van der Waals surface area contributed by atoms with Gasteiger partial charge in [0.15, 0.2) is 17.6 Å². The molecule has 0 aliphatic carbocycles. The van der Waals surface area contributed by atoms with Crippen LogP contribution in [0.1, 0.15) is 25.5 Å². The fourth-order valence-electron chi connectivity index (χ4n) is 1.28. The molecule has 0 aliphatic heterocycles. The normalized spacial score (nSPS) is 13.7. The Labute approximate surface area is 95.6 Å². The molecular formula is C12H16N2O2. The van der Waals surface area contributed by atoms with Crippen molar-refractivity contribution in [2.45, 2.75) is 26.0 Å². The summed E-state index contributed by atoms with van der Waals surface area (Å²) in [4.78, 5) is 0. The van der Waals surface area contributed by atoms with Crippen LogP contribution in [0.25, 0.3) is 0 Å². The summed E-state index contributed by atoms with van der Waals surface area (Å²) < 4.78 is 10.6. The summed E-state index contributed by atoms with van der Waals surface area (Å²) in [6, 6.07) is 7.40. The third-order valence-electron chi connectivity index (χ3n) is 2.20. The minimum atomic E-state index is -0.505. The molecule has 0 bridgehead atoms. The molecule has 1 rings (SSSR count). The average molecular weight is 220 g/mol. The molecule has 0 radical (unpaired) electrons. The van der Waals surface area contributed by atoms with Gasteiger partial charge in [0.25, 0.3) is 0 Å². The fourth-order valence-corrected chi connectivity index (χ4v) is 1.28. The number of nitrogens with two attached hydrogens (primary N) is 1. The van der Waals surface area contributed by atoms with Crippen molar-refractivity contribution in [2.75, 3.05) is 7.11 Å². The van der Waals surface area contributed by atoms with Gasteiger partial charge >= 0.3 is 0 Å². The highest BCUT2D eigenvalue weighted by molar-refractivity contribution is 5.44. The molecule has 0 fully saturated rings. The number of hydrogen-bond donors (Lipinski definition) is 1. The maximum absolute atomic E-state index is 8.67. The molecule has 2 atom stereocenters. The average Bonchev–Trinajstić information content (AvgIpc) is 2.29. The van der Waals surface area contributed by atoms with E-state index >= 15 is 0 Å². The quantitative estimate of drug-likeness (QED) is 0.842. The molecular weight excluding hydrogens is 204 g/mol. The fraction of sp³-hybridized carbons (Fsp3) is 0.417. The Morgan fingerprint density at radius 2 is 2.00 bits per heavy atom. The lowest BCUT2D eigenvalue weighted by Gasteiger charge is -2.14. The number of rotatable bonds is 4. The van der Waals surface area contributed by atoms with Gasteiger partial charge in [-0.1, -0.05) is 6.07 Å². The van der Waals surface area contributed by atoms with Gasteiger partial charge < -0.3 is 15.2 Å². The lowest BCUT2D eigenvalue weighted by atomic mass is 10.1. The second-order valence-corrected chi connectivity index (χ2v) is 3.59. The highest BCUT2D eigenvalue weighted by Gasteiger charge is 2.10. The molecule has 1 aromatic rings. The third-order valence-corrected chi connectivity index (χ3v) is 2.20. The van der Waals surface area contributed by atoms with E-state index in [4.69, 9.17) is 20.5 Å². The van der Waals surface area contributed by atoms with Crippen molar-refractivity contribution in [3.05, 3.63) is 23.8 Å². The van der Waals surface area contributed by atoms with Crippen LogP contribution >= 0.6 is 0 Å². The lowest BCUT2D eigenvalue weighted by molar-refractivity contribution is 0.260. The first kappa shape index (κ1) is 12.3. The van der Waals surface area contributed by atoms with E-state index in [9.17, 15) is 0 Å². The van der Waals surface area contributed by atoms with Crippen LogP contribution in [0.3, 0.4) is 0 Å². The van der Waals surface area contributed by atoms with E-state index in [0.29, 0.717) is 11.5 Å². The van der Waals surface area contributed by atoms with E-state index in [1.165, 1.54) is 0 Å². The van der Waals surface area contributed by atoms with Crippen molar-refractivity contribution in [3.8, 4) is 17.6 Å². The van der Waals surface area contributed by atoms with Gasteiger partial charge in [0.2, 0.25) is 0 Å². The Balaban J connectivity index is 2.98. The second-order valence-electron chi connectivity index (χ2n) is 3.59. The molecule has 16 heavy (non-hydrogen) atoms. The van der Waals surface area contributed by atoms with Crippen molar-refractivity contribution >= 4 is 0 Å². The summed E-state index contributed by atoms with van der Waals surface area (Å²) in [5, 5.41) is 8.67. The van der Waals surface area contributed by atoms with E-state index in [-0.39, 0.29) is 6.04 Å². The molecule has 0 saturated carbocycles. The van der Waals surface area contributed by atoms with Crippen LogP contribution in [-0.4, -0.2) is 13.2 Å². The first-order valence-electron chi connectivity index (χ1n) is 5.08. The number of benzene rings is 1. The predicted molar refractivity (Wildman–Crippen MR) is 61.3 cm³/mol. The van der Waals surface area contributed by atoms with Crippen LogP contribution < -0.4 is 15.2 Å². The monoisotopic (exact) mass is 220 g/mol. The lowest BCUT2D eigenvalue weighted by Crippen LogP contribution is -2.10. The second kappa shape index (κ2) is 5.38. The summed E-state index contributed by atoms with van der Waals surface area (Å²) in [5.41, 5.74) is 6.73. The van der Waals surface area contributed by atoms with Crippen LogP contribution in [0.15, 0.2) is 18.2 Å². The zero-order valence-corrected chi connectivity index (χ0v) is 9.73. The SMILES string of the molecule is COc1cc([C@@H](C)N)ccc1OC(C)C#N. The summed E-state index contributed by atoms with van der Waals surface area (Å²) in [6.07, 6.45) is -0.505. The molecule has 0 aromatic heterocycles. The molecule has 4 nitrogen and oxygen atoms in total. The Morgan fingerprint density at radius 3 is 2.50 bits per heavy atom. The van der Waals surface area contributed by atoms with Crippen molar-refractivity contribution in [2.24, 2.45) is 5.73 Å². The molecule has 86 valence electrons. The molecule has 4 heteroatoms. The number of hydrogen-bond acceptors (Lipinski definition) is 4. The summed E-state index contributed by atoms with van der Waals surface area (Å²) in [7, 11) is 1.56. The van der Waals surface area contributed by atoms with Gasteiger partial charge in [-0.2, -0.15) is 5.26 Å². The first-order chi connectivity index (χ1) is 7.58. The zero-order valence-electron chi connectivity index (χ0n) is 9.73. The van der Waals surface area contributed by atoms with E-state index < -0.39 is 6.10 Å². The van der Waals surface area contributed by atoms with Gasteiger partial charge in [0.05, 0.1) is 7.11 Å². The van der Waals surface area contributed by atoms with E-state index in [1.54, 1.807) is 20.1 Å². The maximum Gasteiger partial charge on any atom is 0.181 e. The van der Waals surface area contributed by atoms with Crippen molar-refractivity contribution in [1.82, 2.24) is 0 Å². The molecule has 1 unspecified atom stereocenters. The molecule has 1 aromatic carbocycles. The highest BCUT2D eigenvalue weighted by atomic mass is 16.5. The summed E-state index contributed by atoms with van der Waals surface area (Å²) in [5.74, 6) is 1.15. The molecule has 0 saturated heterocycles. The van der Waals surface area contributed by atoms with Crippen molar-refractivity contribution < 1.29 is 9.47 Å². The van der Waals surface area contributed by atoms with Crippen molar-refractivity contribution in [3.63, 3.8) is 0 Å². The van der Waals surface area contributed by atoms with Crippen molar-refractivity contribution in [1.29, 1.82) is 5.26 Å². The van der Waals surface area contributed by atoms with Gasteiger partial charge in [0.1, 0.15) is 6.07 Å². The van der Waals surface area contributed by atoms with Crippen LogP contribution in [0.2, 0.25) is 0 Å². The molecule has 0 heterocycles. The van der Waals surface area contributed by atoms with Crippen LogP contribution in [0.4, 0.5) is 0 Å². The minimum absolute atomic E-state index is 0.0589. The topological polar surface area (TPSA) is 68.3 Å². The minimum Gasteiger partial charge on any atom is -0.493 e. The predicted octanol–water partition coefficient (Wildman–Crippen LogP) is 2.01. The Bertz CT molecular complexity index is 396. The Hall–Kier alpha value is -1.73. The van der Waals surface area contributed by atoms with Gasteiger partial charge in [-0.05, 0) is 31.5 Å². The summed E-state index contributed by atoms with van der Waals surface area (Å²) >= 11 is 0. The van der Waals surface area contributed by atoms with Gasteiger partial charge in [-0.15, -0.1) is 0 Å². The molecule has 0 spiro atoms. The van der Waals surface area contributed by atoms with Crippen LogP contribution in [0.5, 0.6) is 11.5 Å². The molecule has 0 amide bonds. The maximum atomic E-state index is 8.67. The molecule has 2 N–H and O–H groups in total. The van der Waals surface area contributed by atoms with Gasteiger partial charge in [-0.25, -0.2) is 0 Å². The number of nitrogens with zero attached hydrogens (tertiary/aromatic N) is 1. The number of ether oxygens (including phenoxy) is 2. The standard InChI is InChI=1S/C12H16N2O2/c1-8(7-13)16-11-5-4-10(9(2)14)6-12(11)15-3/h4-6,8-9H,14H2,1-3H3/t8?,9-/m1/s1. The molecule has 0 aliphatic rings. The van der Waals surface area contributed by atoms with Gasteiger partial charge in [-0.3, -0.25) is 0 Å². The van der Waals surface area contributed by atoms with Crippen LogP contribution in [-0.2, 0) is 0 Å². The van der Waals surface area contributed by atoms with Crippen LogP contribution in [0, 0.1) is 11.3 Å². The van der Waals surface area contributed by atoms with E-state index in [2.05, 4.69) is 0 Å². The van der Waals surface area contributed by atoms with E-state index in [0.717, 1.165) is 5.56 Å². The van der Waals surface area contributed by atoms with E-state index in [1.807, 2.05) is 25.1 Å². The Kier molecular flexibility index (Phi) is 4.15.